The zero-order chi connectivity index (χ0) is 21.8. The lowest BCUT2D eigenvalue weighted by Crippen LogP contribution is -2.47. The van der Waals surface area contributed by atoms with Crippen molar-refractivity contribution in [2.24, 2.45) is 0 Å². The summed E-state index contributed by atoms with van der Waals surface area (Å²) in [6.45, 7) is 11.7. The number of methoxy groups -OCH3 is 1. The van der Waals surface area contributed by atoms with Crippen molar-refractivity contribution in [3.05, 3.63) is 17.6 Å². The van der Waals surface area contributed by atoms with Gasteiger partial charge in [0.05, 0.1) is 7.11 Å². The van der Waals surface area contributed by atoms with Crippen molar-refractivity contribution in [3.8, 4) is 6.01 Å². The molecule has 0 amide bonds. The van der Waals surface area contributed by atoms with E-state index in [1.54, 1.807) is 7.11 Å². The molecule has 0 unspecified atom stereocenters. The molecule has 2 saturated heterocycles. The molecule has 0 saturated carbocycles. The van der Waals surface area contributed by atoms with Gasteiger partial charge in [-0.25, -0.2) is 9.97 Å². The molecule has 2 aliphatic heterocycles. The predicted molar refractivity (Wildman–Crippen MR) is 122 cm³/mol. The van der Waals surface area contributed by atoms with Crippen LogP contribution >= 0.6 is 0 Å². The number of ether oxygens (including phenoxy) is 1. The fraction of sp³-hybridized carbons (Fsp3) is 0.682. The highest BCUT2D eigenvalue weighted by molar-refractivity contribution is 5.45. The summed E-state index contributed by atoms with van der Waals surface area (Å²) in [6, 6.07) is 2.46. The molecule has 0 atom stereocenters. The minimum absolute atomic E-state index is 0.315. The molecule has 0 aromatic carbocycles. The largest absolute Gasteiger partial charge is 0.467 e. The van der Waals surface area contributed by atoms with E-state index in [1.807, 2.05) is 6.92 Å². The molecule has 0 aliphatic carbocycles. The van der Waals surface area contributed by atoms with Crippen LogP contribution < -0.4 is 19.4 Å². The van der Waals surface area contributed by atoms with Crippen molar-refractivity contribution < 1.29 is 4.74 Å². The van der Waals surface area contributed by atoms with Crippen molar-refractivity contribution in [3.63, 3.8) is 0 Å². The van der Waals surface area contributed by atoms with Crippen LogP contribution in [-0.4, -0.2) is 71.3 Å². The molecule has 0 bridgehead atoms. The second-order valence-electron chi connectivity index (χ2n) is 8.68. The van der Waals surface area contributed by atoms with E-state index >= 15 is 0 Å². The molecular weight excluding hydrogens is 392 g/mol. The molecule has 0 N–H and O–H groups in total. The smallest absolute Gasteiger partial charge is 0.322 e. The molecule has 2 aromatic rings. The van der Waals surface area contributed by atoms with E-state index in [4.69, 9.17) is 14.7 Å². The second-order valence-corrected chi connectivity index (χ2v) is 8.68. The van der Waals surface area contributed by atoms with Gasteiger partial charge in [-0.1, -0.05) is 26.7 Å². The molecule has 0 spiro atoms. The van der Waals surface area contributed by atoms with Gasteiger partial charge >= 0.3 is 6.01 Å². The zero-order valence-electron chi connectivity index (χ0n) is 19.2. The topological polar surface area (TPSA) is 83.4 Å². The van der Waals surface area contributed by atoms with Gasteiger partial charge in [0, 0.05) is 56.9 Å². The third-order valence-corrected chi connectivity index (χ3v) is 5.92. The molecule has 9 heteroatoms. The number of piperazine rings is 1. The molecule has 2 aliphatic rings. The Balaban J connectivity index is 1.49. The van der Waals surface area contributed by atoms with E-state index in [1.165, 1.54) is 25.7 Å². The summed E-state index contributed by atoms with van der Waals surface area (Å²) >= 11 is 0. The molecule has 4 heterocycles. The fourth-order valence-corrected chi connectivity index (χ4v) is 4.11. The monoisotopic (exact) mass is 426 g/mol. The van der Waals surface area contributed by atoms with Gasteiger partial charge in [-0.15, -0.1) is 0 Å². The second kappa shape index (κ2) is 9.62. The average Bonchev–Trinajstić information content (AvgIpc) is 3.08. The normalized spacial score (nSPS) is 17.8. The van der Waals surface area contributed by atoms with Gasteiger partial charge in [-0.3, -0.25) is 0 Å². The highest BCUT2D eigenvalue weighted by Crippen LogP contribution is 2.23. The van der Waals surface area contributed by atoms with E-state index in [9.17, 15) is 0 Å². The Labute approximate surface area is 184 Å². The van der Waals surface area contributed by atoms with Gasteiger partial charge < -0.3 is 19.4 Å². The molecule has 0 radical (unpaired) electrons. The Bertz CT molecular complexity index is 874. The number of rotatable bonds is 5. The van der Waals surface area contributed by atoms with Crippen molar-refractivity contribution in [1.82, 2.24) is 24.9 Å². The van der Waals surface area contributed by atoms with Gasteiger partial charge in [0.2, 0.25) is 11.9 Å². The van der Waals surface area contributed by atoms with Gasteiger partial charge in [-0.2, -0.15) is 15.0 Å². The van der Waals surface area contributed by atoms with Crippen LogP contribution in [-0.2, 0) is 0 Å². The maximum atomic E-state index is 5.40. The average molecular weight is 427 g/mol. The van der Waals surface area contributed by atoms with Crippen molar-refractivity contribution in [1.29, 1.82) is 0 Å². The highest BCUT2D eigenvalue weighted by atomic mass is 16.5. The van der Waals surface area contributed by atoms with Gasteiger partial charge in [0.15, 0.2) is 0 Å². The molecule has 2 aromatic heterocycles. The van der Waals surface area contributed by atoms with E-state index < -0.39 is 0 Å². The Morgan fingerprint density at radius 1 is 0.742 bits per heavy atom. The summed E-state index contributed by atoms with van der Waals surface area (Å²) in [5.41, 5.74) is 1.01. The zero-order valence-corrected chi connectivity index (χ0v) is 19.2. The predicted octanol–water partition coefficient (Wildman–Crippen LogP) is 2.81. The Morgan fingerprint density at radius 3 is 1.90 bits per heavy atom. The van der Waals surface area contributed by atoms with Crippen molar-refractivity contribution >= 4 is 17.7 Å². The van der Waals surface area contributed by atoms with Crippen molar-refractivity contribution in [2.45, 2.75) is 52.4 Å². The number of aryl methyl sites for hydroxylation is 1. The quantitative estimate of drug-likeness (QED) is 0.716. The summed E-state index contributed by atoms with van der Waals surface area (Å²) in [6.07, 6.45) is 4.90. The number of hydrogen-bond donors (Lipinski definition) is 0. The van der Waals surface area contributed by atoms with E-state index in [-0.39, 0.29) is 0 Å². The summed E-state index contributed by atoms with van der Waals surface area (Å²) in [5, 5.41) is 0. The molecular formula is C22H34N8O. The maximum Gasteiger partial charge on any atom is 0.322 e. The number of nitrogens with zero attached hydrogens (tertiary/aromatic N) is 8. The minimum atomic E-state index is 0.315. The Morgan fingerprint density at radius 2 is 1.32 bits per heavy atom. The van der Waals surface area contributed by atoms with E-state index in [0.717, 1.165) is 62.6 Å². The maximum absolute atomic E-state index is 5.40. The lowest BCUT2D eigenvalue weighted by atomic mass is 10.2. The Hall–Kier alpha value is -2.71. The van der Waals surface area contributed by atoms with Crippen LogP contribution in [0.15, 0.2) is 6.07 Å². The lowest BCUT2D eigenvalue weighted by Gasteiger charge is -2.36. The van der Waals surface area contributed by atoms with E-state index in [0.29, 0.717) is 17.9 Å². The summed E-state index contributed by atoms with van der Waals surface area (Å²) in [4.78, 5) is 30.1. The minimum Gasteiger partial charge on any atom is -0.467 e. The number of aromatic nitrogens is 5. The fourth-order valence-electron chi connectivity index (χ4n) is 4.11. The first kappa shape index (κ1) is 21.5. The standard InChI is InChI=1S/C22H34N8O/c1-16(2)19-23-17(3)15-18(24-19)28-11-13-30(14-12-28)21-25-20(26-22(27-21)31-4)29-9-7-5-6-8-10-29/h15-16H,5-14H2,1-4H3. The van der Waals surface area contributed by atoms with Crippen LogP contribution in [0.5, 0.6) is 6.01 Å². The molecule has 31 heavy (non-hydrogen) atoms. The van der Waals surface area contributed by atoms with E-state index in [2.05, 4.69) is 49.6 Å². The Kier molecular flexibility index (Phi) is 6.67. The highest BCUT2D eigenvalue weighted by Gasteiger charge is 2.24. The third-order valence-electron chi connectivity index (χ3n) is 5.92. The van der Waals surface area contributed by atoms with Crippen molar-refractivity contribution in [2.75, 3.05) is 61.1 Å². The first-order valence-electron chi connectivity index (χ1n) is 11.4. The SMILES string of the molecule is COc1nc(N2CCCCCC2)nc(N2CCN(c3cc(C)nc(C(C)C)n3)CC2)n1. The molecule has 168 valence electrons. The van der Waals surface area contributed by atoms with Crippen LogP contribution in [0, 0.1) is 6.92 Å². The van der Waals surface area contributed by atoms with Gasteiger partial charge in [0.1, 0.15) is 11.6 Å². The summed E-state index contributed by atoms with van der Waals surface area (Å²) in [7, 11) is 1.62. The first-order chi connectivity index (χ1) is 15.0. The number of anilines is 3. The first-order valence-corrected chi connectivity index (χ1v) is 11.4. The van der Waals surface area contributed by atoms with Crippen LogP contribution in [0.3, 0.4) is 0 Å². The van der Waals surface area contributed by atoms with Crippen LogP contribution in [0.1, 0.15) is 57.0 Å². The molecule has 9 nitrogen and oxygen atoms in total. The number of hydrogen-bond acceptors (Lipinski definition) is 9. The summed E-state index contributed by atoms with van der Waals surface area (Å²) in [5.74, 6) is 3.66. The van der Waals surface area contributed by atoms with Crippen LogP contribution in [0.2, 0.25) is 0 Å². The molecule has 4 rings (SSSR count). The lowest BCUT2D eigenvalue weighted by molar-refractivity contribution is 0.377. The van der Waals surface area contributed by atoms with Crippen LogP contribution in [0.4, 0.5) is 17.7 Å². The van der Waals surface area contributed by atoms with Gasteiger partial charge in [0.25, 0.3) is 0 Å². The molecule has 2 fully saturated rings. The third kappa shape index (κ3) is 5.14. The van der Waals surface area contributed by atoms with Crippen LogP contribution in [0.25, 0.3) is 0 Å². The summed E-state index contributed by atoms with van der Waals surface area (Å²) < 4.78 is 5.40. The van der Waals surface area contributed by atoms with Gasteiger partial charge in [-0.05, 0) is 19.8 Å².